The zero-order valence-corrected chi connectivity index (χ0v) is 13.1. The van der Waals surface area contributed by atoms with Crippen LogP contribution in [0.1, 0.15) is 11.8 Å². The first-order valence-electron chi connectivity index (χ1n) is 7.44. The van der Waals surface area contributed by atoms with Gasteiger partial charge in [0.1, 0.15) is 5.76 Å². The summed E-state index contributed by atoms with van der Waals surface area (Å²) in [4.78, 5) is 27.1. The van der Waals surface area contributed by atoms with Crippen LogP contribution in [0.4, 0.5) is 9.59 Å². The van der Waals surface area contributed by atoms with E-state index in [4.69, 9.17) is 4.42 Å². The number of amides is 4. The van der Waals surface area contributed by atoms with Gasteiger partial charge in [0.15, 0.2) is 0 Å². The summed E-state index contributed by atoms with van der Waals surface area (Å²) in [7, 11) is 0. The molecule has 2 aliphatic heterocycles. The maximum atomic E-state index is 12.1. The van der Waals surface area contributed by atoms with Gasteiger partial charge in [-0.1, -0.05) is 0 Å². The summed E-state index contributed by atoms with van der Waals surface area (Å²) < 4.78 is 5.54. The van der Waals surface area contributed by atoms with E-state index in [0.29, 0.717) is 19.6 Å². The zero-order chi connectivity index (χ0) is 15.4. The van der Waals surface area contributed by atoms with E-state index in [1.807, 2.05) is 23.9 Å². The molecule has 4 amide bonds. The molecule has 3 heterocycles. The van der Waals surface area contributed by atoms with Crippen LogP contribution < -0.4 is 10.6 Å². The van der Waals surface area contributed by atoms with Gasteiger partial charge in [0, 0.05) is 44.2 Å². The topological polar surface area (TPSA) is 77.8 Å². The molecular formula is C14H20N4O3S. The van der Waals surface area contributed by atoms with E-state index in [-0.39, 0.29) is 18.1 Å². The Kier molecular flexibility index (Phi) is 4.89. The fourth-order valence-corrected chi connectivity index (χ4v) is 3.66. The SMILES string of the molecule is O=C1NCCN1C(=O)NC[C@H](c1ccco1)N1CCSCC1. The first-order chi connectivity index (χ1) is 10.8. The van der Waals surface area contributed by atoms with Gasteiger partial charge in [0.2, 0.25) is 0 Å². The molecule has 8 heteroatoms. The zero-order valence-electron chi connectivity index (χ0n) is 12.3. The third-order valence-electron chi connectivity index (χ3n) is 3.91. The molecule has 0 saturated carbocycles. The lowest BCUT2D eigenvalue weighted by atomic mass is 10.2. The highest BCUT2D eigenvalue weighted by Gasteiger charge is 2.29. The molecule has 1 aromatic rings. The average molecular weight is 324 g/mol. The summed E-state index contributed by atoms with van der Waals surface area (Å²) in [5, 5.41) is 5.48. The first-order valence-corrected chi connectivity index (χ1v) is 8.59. The van der Waals surface area contributed by atoms with Gasteiger partial charge in [-0.25, -0.2) is 14.5 Å². The molecule has 0 aliphatic carbocycles. The van der Waals surface area contributed by atoms with Gasteiger partial charge < -0.3 is 15.1 Å². The second kappa shape index (κ2) is 7.06. The number of furan rings is 1. The molecule has 3 rings (SSSR count). The molecule has 0 radical (unpaired) electrons. The molecule has 2 aliphatic rings. The molecule has 2 saturated heterocycles. The summed E-state index contributed by atoms with van der Waals surface area (Å²) in [6.07, 6.45) is 1.65. The molecule has 120 valence electrons. The second-order valence-corrected chi connectivity index (χ2v) is 6.47. The maximum absolute atomic E-state index is 12.1. The van der Waals surface area contributed by atoms with E-state index in [1.165, 1.54) is 4.90 Å². The highest BCUT2D eigenvalue weighted by molar-refractivity contribution is 7.99. The van der Waals surface area contributed by atoms with E-state index in [0.717, 1.165) is 30.4 Å². The predicted molar refractivity (Wildman–Crippen MR) is 83.9 cm³/mol. The van der Waals surface area contributed by atoms with Crippen LogP contribution >= 0.6 is 11.8 Å². The molecule has 2 fully saturated rings. The van der Waals surface area contributed by atoms with E-state index in [9.17, 15) is 9.59 Å². The van der Waals surface area contributed by atoms with Crippen LogP contribution in [-0.2, 0) is 0 Å². The van der Waals surface area contributed by atoms with Crippen LogP contribution in [0.25, 0.3) is 0 Å². The molecule has 0 bridgehead atoms. The van der Waals surface area contributed by atoms with Gasteiger partial charge >= 0.3 is 12.1 Å². The smallest absolute Gasteiger partial charge is 0.325 e. The van der Waals surface area contributed by atoms with Crippen molar-refractivity contribution in [2.75, 3.05) is 44.2 Å². The lowest BCUT2D eigenvalue weighted by Crippen LogP contribution is -2.46. The minimum atomic E-state index is -0.349. The Labute approximate surface area is 133 Å². The number of hydrogen-bond acceptors (Lipinski definition) is 5. The van der Waals surface area contributed by atoms with Gasteiger partial charge in [-0.05, 0) is 12.1 Å². The van der Waals surface area contributed by atoms with Crippen molar-refractivity contribution < 1.29 is 14.0 Å². The van der Waals surface area contributed by atoms with Crippen LogP contribution in [0.5, 0.6) is 0 Å². The summed E-state index contributed by atoms with van der Waals surface area (Å²) in [5.41, 5.74) is 0. The fraction of sp³-hybridized carbons (Fsp3) is 0.571. The van der Waals surface area contributed by atoms with Gasteiger partial charge in [-0.2, -0.15) is 11.8 Å². The number of hydrogen-bond donors (Lipinski definition) is 2. The molecule has 7 nitrogen and oxygen atoms in total. The van der Waals surface area contributed by atoms with Crippen molar-refractivity contribution in [3.63, 3.8) is 0 Å². The third-order valence-corrected chi connectivity index (χ3v) is 4.85. The van der Waals surface area contributed by atoms with Crippen LogP contribution in [0, 0.1) is 0 Å². The average Bonchev–Trinajstić information content (AvgIpc) is 3.20. The lowest BCUT2D eigenvalue weighted by Gasteiger charge is -2.33. The number of carbonyl (C=O) groups excluding carboxylic acids is 2. The van der Waals surface area contributed by atoms with Crippen LogP contribution in [0.3, 0.4) is 0 Å². The number of nitrogens with one attached hydrogen (secondary N) is 2. The Balaban J connectivity index is 1.62. The van der Waals surface area contributed by atoms with Gasteiger partial charge in [-0.3, -0.25) is 4.90 Å². The normalized spacial score (nSPS) is 20.7. The van der Waals surface area contributed by atoms with Crippen molar-refractivity contribution in [2.45, 2.75) is 6.04 Å². The van der Waals surface area contributed by atoms with Crippen molar-refractivity contribution in [3.8, 4) is 0 Å². The molecule has 1 atom stereocenters. The van der Waals surface area contributed by atoms with Gasteiger partial charge in [0.05, 0.1) is 12.3 Å². The standard InChI is InChI=1S/C14H20N4O3S/c19-13-15-3-4-18(13)14(20)16-10-11(12-2-1-7-21-12)17-5-8-22-9-6-17/h1-2,7,11H,3-6,8-10H2,(H,15,19)(H,16,20)/t11-/m1/s1. The maximum Gasteiger partial charge on any atom is 0.325 e. The Morgan fingerprint density at radius 1 is 1.41 bits per heavy atom. The molecule has 0 aromatic carbocycles. The Morgan fingerprint density at radius 3 is 2.86 bits per heavy atom. The van der Waals surface area contributed by atoms with Crippen LogP contribution in [0.2, 0.25) is 0 Å². The minimum Gasteiger partial charge on any atom is -0.468 e. The number of rotatable bonds is 4. The number of carbonyl (C=O) groups is 2. The van der Waals surface area contributed by atoms with E-state index < -0.39 is 0 Å². The van der Waals surface area contributed by atoms with E-state index in [1.54, 1.807) is 6.26 Å². The van der Waals surface area contributed by atoms with Crippen molar-refractivity contribution in [1.82, 2.24) is 20.4 Å². The van der Waals surface area contributed by atoms with Gasteiger partial charge in [0.25, 0.3) is 0 Å². The third kappa shape index (κ3) is 3.38. The summed E-state index contributed by atoms with van der Waals surface area (Å²) in [6, 6.07) is 3.11. The molecule has 0 spiro atoms. The minimum absolute atomic E-state index is 0.00511. The number of nitrogens with zero attached hydrogens (tertiary/aromatic N) is 2. The Hall–Kier alpha value is -1.67. The molecular weight excluding hydrogens is 304 g/mol. The quantitative estimate of drug-likeness (QED) is 0.867. The van der Waals surface area contributed by atoms with Crippen molar-refractivity contribution in [3.05, 3.63) is 24.2 Å². The highest BCUT2D eigenvalue weighted by Crippen LogP contribution is 2.24. The second-order valence-electron chi connectivity index (χ2n) is 5.25. The summed E-state index contributed by atoms with van der Waals surface area (Å²) in [5.74, 6) is 3.01. The first kappa shape index (κ1) is 15.2. The molecule has 0 unspecified atom stereocenters. The Bertz CT molecular complexity index is 516. The molecule has 1 aromatic heterocycles. The van der Waals surface area contributed by atoms with Crippen LogP contribution in [0.15, 0.2) is 22.8 Å². The lowest BCUT2D eigenvalue weighted by molar-refractivity contribution is 0.176. The Morgan fingerprint density at radius 2 is 2.23 bits per heavy atom. The van der Waals surface area contributed by atoms with Crippen LogP contribution in [-0.4, -0.2) is 66.1 Å². The van der Waals surface area contributed by atoms with Crippen molar-refractivity contribution >= 4 is 23.8 Å². The number of thioether (sulfide) groups is 1. The van der Waals surface area contributed by atoms with Gasteiger partial charge in [-0.15, -0.1) is 0 Å². The molecule has 22 heavy (non-hydrogen) atoms. The van der Waals surface area contributed by atoms with Crippen molar-refractivity contribution in [2.24, 2.45) is 0 Å². The summed E-state index contributed by atoms with van der Waals surface area (Å²) in [6.45, 7) is 3.29. The predicted octanol–water partition coefficient (Wildman–Crippen LogP) is 1.10. The number of urea groups is 2. The fourth-order valence-electron chi connectivity index (χ4n) is 2.72. The molecule has 2 N–H and O–H groups in total. The summed E-state index contributed by atoms with van der Waals surface area (Å²) >= 11 is 1.94. The van der Waals surface area contributed by atoms with E-state index >= 15 is 0 Å². The highest BCUT2D eigenvalue weighted by atomic mass is 32.2. The largest absolute Gasteiger partial charge is 0.468 e. The number of imide groups is 1. The van der Waals surface area contributed by atoms with Crippen molar-refractivity contribution in [1.29, 1.82) is 0 Å². The van der Waals surface area contributed by atoms with E-state index in [2.05, 4.69) is 15.5 Å². The monoisotopic (exact) mass is 324 g/mol.